The van der Waals surface area contributed by atoms with E-state index < -0.39 is 0 Å². The molecule has 2 aromatic carbocycles. The molecule has 2 bridgehead atoms. The molecule has 24 heavy (non-hydrogen) atoms. The van der Waals surface area contributed by atoms with E-state index in [1.54, 1.807) is 0 Å². The van der Waals surface area contributed by atoms with Gasteiger partial charge in [0.25, 0.3) is 0 Å². The molecule has 0 saturated heterocycles. The number of hydrogen-bond donors (Lipinski definition) is 0. The maximum absolute atomic E-state index is 5.17. The quantitative estimate of drug-likeness (QED) is 0.764. The van der Waals surface area contributed by atoms with Gasteiger partial charge >= 0.3 is 0 Å². The number of benzene rings is 2. The largest absolute Gasteiger partial charge is 0.261 e. The number of hydrazone groups is 1. The Morgan fingerprint density at radius 1 is 0.875 bits per heavy atom. The second-order valence-electron chi connectivity index (χ2n) is 8.16. The molecule has 0 amide bonds. The third-order valence-electron chi connectivity index (χ3n) is 6.82. The van der Waals surface area contributed by atoms with Crippen molar-refractivity contribution in [2.75, 3.05) is 5.01 Å². The van der Waals surface area contributed by atoms with Gasteiger partial charge in [-0.1, -0.05) is 62.4 Å². The Morgan fingerprint density at radius 3 is 2.21 bits per heavy atom. The summed E-state index contributed by atoms with van der Waals surface area (Å²) in [5, 5.41) is 7.52. The van der Waals surface area contributed by atoms with Crippen molar-refractivity contribution in [2.24, 2.45) is 28.3 Å². The Hall–Kier alpha value is -2.09. The predicted octanol–water partition coefficient (Wildman–Crippen LogP) is 4.96. The van der Waals surface area contributed by atoms with Gasteiger partial charge in [0.05, 0.1) is 17.4 Å². The maximum Gasteiger partial charge on any atom is 0.0737 e. The van der Waals surface area contributed by atoms with Crippen molar-refractivity contribution >= 4 is 11.4 Å². The van der Waals surface area contributed by atoms with E-state index in [9.17, 15) is 0 Å². The minimum absolute atomic E-state index is 0.415. The van der Waals surface area contributed by atoms with Crippen LogP contribution in [0, 0.1) is 23.2 Å². The van der Waals surface area contributed by atoms with Crippen LogP contribution in [-0.4, -0.2) is 11.8 Å². The monoisotopic (exact) mass is 316 g/mol. The van der Waals surface area contributed by atoms with Crippen molar-refractivity contribution in [1.82, 2.24) is 0 Å². The molecular weight excluding hydrogens is 292 g/mol. The van der Waals surface area contributed by atoms with Crippen LogP contribution in [0.25, 0.3) is 0 Å². The smallest absolute Gasteiger partial charge is 0.0737 e. The number of anilines is 1. The highest BCUT2D eigenvalue weighted by Crippen LogP contribution is 2.64. The predicted molar refractivity (Wildman–Crippen MR) is 99.2 cm³/mol. The zero-order chi connectivity index (χ0) is 16.3. The van der Waals surface area contributed by atoms with Gasteiger partial charge in [0, 0.05) is 5.92 Å². The molecule has 2 fully saturated rings. The molecule has 122 valence electrons. The van der Waals surface area contributed by atoms with Crippen LogP contribution in [0.2, 0.25) is 0 Å². The van der Waals surface area contributed by atoms with Gasteiger partial charge in [-0.3, -0.25) is 5.01 Å². The Labute approximate surface area is 144 Å². The molecule has 1 heterocycles. The van der Waals surface area contributed by atoms with Crippen molar-refractivity contribution in [1.29, 1.82) is 0 Å². The molecule has 0 radical (unpaired) electrons. The van der Waals surface area contributed by atoms with Crippen LogP contribution in [0.5, 0.6) is 0 Å². The first kappa shape index (κ1) is 14.3. The van der Waals surface area contributed by atoms with Gasteiger partial charge in [0.1, 0.15) is 0 Å². The molecule has 5 rings (SSSR count). The topological polar surface area (TPSA) is 15.6 Å². The van der Waals surface area contributed by atoms with Crippen LogP contribution in [0.15, 0.2) is 65.8 Å². The van der Waals surface area contributed by atoms with Gasteiger partial charge in [0.2, 0.25) is 0 Å². The highest BCUT2D eigenvalue weighted by Gasteiger charge is 2.64. The van der Waals surface area contributed by atoms with Crippen LogP contribution in [0.4, 0.5) is 5.69 Å². The van der Waals surface area contributed by atoms with Crippen LogP contribution in [-0.2, 0) is 0 Å². The van der Waals surface area contributed by atoms with Crippen molar-refractivity contribution in [3.63, 3.8) is 0 Å². The van der Waals surface area contributed by atoms with Gasteiger partial charge < -0.3 is 0 Å². The van der Waals surface area contributed by atoms with Gasteiger partial charge in [-0.05, 0) is 47.8 Å². The molecule has 4 atom stereocenters. The summed E-state index contributed by atoms with van der Waals surface area (Å²) in [6, 6.07) is 22.1. The number of fused-ring (bicyclic) bond motifs is 5. The van der Waals surface area contributed by atoms with Gasteiger partial charge in [0.15, 0.2) is 0 Å². The summed E-state index contributed by atoms with van der Waals surface area (Å²) in [5.41, 5.74) is 4.26. The third-order valence-corrected chi connectivity index (χ3v) is 6.82. The second-order valence-corrected chi connectivity index (χ2v) is 8.16. The summed E-state index contributed by atoms with van der Waals surface area (Å²) in [6.45, 7) is 4.97. The lowest BCUT2D eigenvalue weighted by atomic mass is 9.77. The first-order chi connectivity index (χ1) is 11.7. The number of nitrogens with zero attached hydrogens (tertiary/aromatic N) is 2. The molecule has 2 nitrogen and oxygen atoms in total. The molecule has 2 saturated carbocycles. The Balaban J connectivity index is 1.65. The number of hydrogen-bond acceptors (Lipinski definition) is 2. The molecule has 2 aliphatic carbocycles. The standard InChI is InChI=1S/C22H24N2/c1-22(2)17-13-14-18(22)21-19(17)20(15-9-5-3-6-10-15)23-24(21)16-11-7-4-8-12-16/h3-12,17-19,21H,13-14H2,1-2H3/t17-,18-,19+,21-/m1/s1. The molecule has 2 aromatic rings. The highest BCUT2D eigenvalue weighted by molar-refractivity contribution is 6.05. The Morgan fingerprint density at radius 2 is 1.50 bits per heavy atom. The van der Waals surface area contributed by atoms with E-state index in [1.807, 2.05) is 0 Å². The van der Waals surface area contributed by atoms with E-state index in [0.29, 0.717) is 17.4 Å². The molecule has 0 unspecified atom stereocenters. The third kappa shape index (κ3) is 1.80. The minimum Gasteiger partial charge on any atom is -0.261 e. The lowest BCUT2D eigenvalue weighted by Crippen LogP contribution is -2.38. The summed E-state index contributed by atoms with van der Waals surface area (Å²) >= 11 is 0. The lowest BCUT2D eigenvalue weighted by Gasteiger charge is -2.32. The molecule has 2 heteroatoms. The molecule has 0 spiro atoms. The van der Waals surface area contributed by atoms with E-state index >= 15 is 0 Å². The summed E-state index contributed by atoms with van der Waals surface area (Å²) in [7, 11) is 0. The average molecular weight is 316 g/mol. The van der Waals surface area contributed by atoms with Gasteiger partial charge in [-0.2, -0.15) is 5.10 Å². The minimum atomic E-state index is 0.415. The Kier molecular flexibility index (Phi) is 2.94. The normalized spacial score (nSPS) is 32.8. The first-order valence-electron chi connectivity index (χ1n) is 9.16. The first-order valence-corrected chi connectivity index (χ1v) is 9.16. The van der Waals surface area contributed by atoms with Crippen LogP contribution < -0.4 is 5.01 Å². The fourth-order valence-corrected chi connectivity index (χ4v) is 5.71. The van der Waals surface area contributed by atoms with Crippen LogP contribution >= 0.6 is 0 Å². The average Bonchev–Trinajstić information content (AvgIpc) is 3.21. The number of para-hydroxylation sites is 1. The Bertz CT molecular complexity index is 778. The van der Waals surface area contributed by atoms with Crippen molar-refractivity contribution in [3.8, 4) is 0 Å². The fourth-order valence-electron chi connectivity index (χ4n) is 5.71. The maximum atomic E-state index is 5.17. The SMILES string of the molecule is CC1(C)[C@@H]2CC[C@@H]1[C@@H]1[C@@H]2C(c2ccccc2)=NN1c1ccccc1. The summed E-state index contributed by atoms with van der Waals surface area (Å²) in [4.78, 5) is 0. The van der Waals surface area contributed by atoms with E-state index in [4.69, 9.17) is 5.10 Å². The molecule has 0 aromatic heterocycles. The summed E-state index contributed by atoms with van der Waals surface area (Å²) in [6.07, 6.45) is 2.70. The van der Waals surface area contributed by atoms with E-state index in [2.05, 4.69) is 79.5 Å². The molecular formula is C22H24N2. The molecule has 1 aliphatic heterocycles. The summed E-state index contributed by atoms with van der Waals surface area (Å²) in [5.74, 6) is 2.05. The van der Waals surface area contributed by atoms with Crippen LogP contribution in [0.3, 0.4) is 0 Å². The highest BCUT2D eigenvalue weighted by atomic mass is 15.5. The zero-order valence-corrected chi connectivity index (χ0v) is 14.4. The second kappa shape index (κ2) is 4.95. The van der Waals surface area contributed by atoms with E-state index in [-0.39, 0.29) is 0 Å². The fraction of sp³-hybridized carbons (Fsp3) is 0.409. The van der Waals surface area contributed by atoms with Gasteiger partial charge in [-0.25, -0.2) is 0 Å². The van der Waals surface area contributed by atoms with Crippen molar-refractivity contribution in [3.05, 3.63) is 66.2 Å². The zero-order valence-electron chi connectivity index (χ0n) is 14.4. The lowest BCUT2D eigenvalue weighted by molar-refractivity contribution is 0.246. The van der Waals surface area contributed by atoms with Crippen molar-refractivity contribution in [2.45, 2.75) is 32.7 Å². The van der Waals surface area contributed by atoms with E-state index in [1.165, 1.54) is 29.8 Å². The molecule has 3 aliphatic rings. The molecule has 0 N–H and O–H groups in total. The van der Waals surface area contributed by atoms with E-state index in [0.717, 1.165) is 11.8 Å². The van der Waals surface area contributed by atoms with Crippen LogP contribution in [0.1, 0.15) is 32.3 Å². The van der Waals surface area contributed by atoms with Crippen molar-refractivity contribution < 1.29 is 0 Å². The van der Waals surface area contributed by atoms with Gasteiger partial charge in [-0.15, -0.1) is 0 Å². The number of rotatable bonds is 2. The summed E-state index contributed by atoms with van der Waals surface area (Å²) < 4.78 is 0.